The van der Waals surface area contributed by atoms with Crippen molar-refractivity contribution in [2.75, 3.05) is 36.7 Å². The maximum atomic E-state index is 5.80. The van der Waals surface area contributed by atoms with Crippen LogP contribution in [-0.4, -0.2) is 35.3 Å². The lowest BCUT2D eigenvalue weighted by Crippen LogP contribution is -2.05. The summed E-state index contributed by atoms with van der Waals surface area (Å²) in [7, 11) is 1.62. The highest BCUT2D eigenvalue weighted by molar-refractivity contribution is 7.80. The minimum Gasteiger partial charge on any atom is -0.475 e. The molecule has 0 aliphatic carbocycles. The summed E-state index contributed by atoms with van der Waals surface area (Å²) >= 11 is 4.40. The number of methoxy groups -OCH3 is 1. The second-order valence-electron chi connectivity index (χ2n) is 5.53. The smallest absolute Gasteiger partial charge is 0.229 e. The summed E-state index contributed by atoms with van der Waals surface area (Å²) in [6.07, 6.45) is 3.26. The Morgan fingerprint density at radius 2 is 1.93 bits per heavy atom. The molecule has 9 heteroatoms. The lowest BCUT2D eigenvalue weighted by Gasteiger charge is -2.11. The quantitative estimate of drug-likeness (QED) is 0.266. The summed E-state index contributed by atoms with van der Waals surface area (Å²) in [6.45, 7) is 0.955. The first-order valence-electron chi connectivity index (χ1n) is 8.17. The normalized spacial score (nSPS) is 10.4. The summed E-state index contributed by atoms with van der Waals surface area (Å²) in [5, 5.41) is 6.28. The average Bonchev–Trinajstić information content (AvgIpc) is 2.66. The number of nitrogens with two attached hydrogens (primary N) is 1. The van der Waals surface area contributed by atoms with Gasteiger partial charge in [0.2, 0.25) is 11.8 Å². The van der Waals surface area contributed by atoms with Crippen LogP contribution < -0.4 is 21.1 Å². The molecule has 0 unspecified atom stereocenters. The lowest BCUT2D eigenvalue weighted by atomic mass is 10.3. The van der Waals surface area contributed by atoms with Crippen LogP contribution in [0.15, 0.2) is 53.7 Å². The number of rotatable bonds is 8. The molecule has 0 atom stereocenters. The van der Waals surface area contributed by atoms with E-state index >= 15 is 0 Å². The third-order valence-corrected chi connectivity index (χ3v) is 3.78. The highest BCUT2D eigenvalue weighted by Crippen LogP contribution is 2.24. The monoisotopic (exact) mass is 384 g/mol. The lowest BCUT2D eigenvalue weighted by molar-refractivity contribution is 0.144. The maximum Gasteiger partial charge on any atom is 0.229 e. The summed E-state index contributed by atoms with van der Waals surface area (Å²) in [5.74, 6) is 1.50. The summed E-state index contributed by atoms with van der Waals surface area (Å²) in [4.78, 5) is 13.5. The average molecular weight is 384 g/mol. The summed E-state index contributed by atoms with van der Waals surface area (Å²) in [5.41, 5.74) is 8.01. The summed E-state index contributed by atoms with van der Waals surface area (Å²) in [6, 6.07) is 11.0. The van der Waals surface area contributed by atoms with Crippen LogP contribution in [0.1, 0.15) is 0 Å². The van der Waals surface area contributed by atoms with Gasteiger partial charge in [-0.05, 0) is 24.3 Å². The van der Waals surface area contributed by atoms with E-state index in [4.69, 9.17) is 15.2 Å². The van der Waals surface area contributed by atoms with Gasteiger partial charge in [0.15, 0.2) is 0 Å². The first-order valence-corrected chi connectivity index (χ1v) is 8.62. The van der Waals surface area contributed by atoms with Crippen molar-refractivity contribution in [1.82, 2.24) is 15.0 Å². The fourth-order valence-electron chi connectivity index (χ4n) is 2.18. The number of nitrogens with zero attached hydrogens (tertiary/aromatic N) is 3. The van der Waals surface area contributed by atoms with Gasteiger partial charge in [-0.25, -0.2) is 9.97 Å². The van der Waals surface area contributed by atoms with Crippen molar-refractivity contribution in [3.63, 3.8) is 0 Å². The molecule has 0 saturated heterocycles. The van der Waals surface area contributed by atoms with Crippen molar-refractivity contribution < 1.29 is 9.47 Å². The Hall–Kier alpha value is -3.04. The number of benzene rings is 1. The topological polar surface area (TPSA) is 107 Å². The molecular weight excluding hydrogens is 364 g/mol. The van der Waals surface area contributed by atoms with Crippen molar-refractivity contribution in [3.8, 4) is 5.88 Å². The number of hydrogen-bond donors (Lipinski definition) is 4. The SMILES string of the molecule is COCCOc1ccc(Nc2ncc(S)c(Nc3cccc(N)c3)n2)cn1. The molecule has 140 valence electrons. The maximum absolute atomic E-state index is 5.80. The predicted molar refractivity (Wildman–Crippen MR) is 108 cm³/mol. The van der Waals surface area contributed by atoms with Crippen LogP contribution in [0.5, 0.6) is 5.88 Å². The molecule has 3 rings (SSSR count). The predicted octanol–water partition coefficient (Wildman–Crippen LogP) is 3.25. The fourth-order valence-corrected chi connectivity index (χ4v) is 2.34. The van der Waals surface area contributed by atoms with E-state index in [0.29, 0.717) is 41.4 Å². The summed E-state index contributed by atoms with van der Waals surface area (Å²) < 4.78 is 10.4. The molecule has 0 bridgehead atoms. The zero-order chi connectivity index (χ0) is 19.1. The fraction of sp³-hybridized carbons (Fsp3) is 0.167. The van der Waals surface area contributed by atoms with Gasteiger partial charge in [-0.2, -0.15) is 4.98 Å². The second-order valence-corrected chi connectivity index (χ2v) is 6.01. The first kappa shape index (κ1) is 18.7. The van der Waals surface area contributed by atoms with E-state index in [1.54, 1.807) is 25.6 Å². The van der Waals surface area contributed by atoms with Gasteiger partial charge in [0.25, 0.3) is 0 Å². The number of pyridine rings is 1. The van der Waals surface area contributed by atoms with Gasteiger partial charge in [-0.1, -0.05) is 6.07 Å². The Balaban J connectivity index is 1.68. The van der Waals surface area contributed by atoms with Crippen molar-refractivity contribution in [1.29, 1.82) is 0 Å². The van der Waals surface area contributed by atoms with E-state index in [2.05, 4.69) is 38.2 Å². The molecule has 0 fully saturated rings. The third kappa shape index (κ3) is 5.47. The van der Waals surface area contributed by atoms with Gasteiger partial charge in [0, 0.05) is 30.7 Å². The minimum absolute atomic E-state index is 0.411. The molecule has 8 nitrogen and oxygen atoms in total. The highest BCUT2D eigenvalue weighted by atomic mass is 32.1. The molecule has 0 aliphatic rings. The zero-order valence-corrected chi connectivity index (χ0v) is 15.6. The van der Waals surface area contributed by atoms with E-state index in [1.807, 2.05) is 30.3 Å². The minimum atomic E-state index is 0.411. The second kappa shape index (κ2) is 9.06. The Kier molecular flexibility index (Phi) is 6.29. The number of nitrogen functional groups attached to an aromatic ring is 1. The molecule has 3 aromatic rings. The van der Waals surface area contributed by atoms with Crippen molar-refractivity contribution in [2.24, 2.45) is 0 Å². The van der Waals surface area contributed by atoms with Crippen molar-refractivity contribution >= 4 is 41.5 Å². The Morgan fingerprint density at radius 3 is 2.67 bits per heavy atom. The third-order valence-electron chi connectivity index (χ3n) is 3.45. The van der Waals surface area contributed by atoms with Crippen LogP contribution in [0.2, 0.25) is 0 Å². The Labute approximate surface area is 162 Å². The van der Waals surface area contributed by atoms with E-state index < -0.39 is 0 Å². The number of hydrogen-bond acceptors (Lipinski definition) is 9. The number of nitrogens with one attached hydrogen (secondary N) is 2. The van der Waals surface area contributed by atoms with Crippen molar-refractivity contribution in [3.05, 3.63) is 48.8 Å². The number of thiol groups is 1. The van der Waals surface area contributed by atoms with Gasteiger partial charge < -0.3 is 25.8 Å². The Morgan fingerprint density at radius 1 is 1.04 bits per heavy atom. The van der Waals surface area contributed by atoms with Crippen LogP contribution in [-0.2, 0) is 4.74 Å². The molecule has 1 aromatic carbocycles. The molecule has 2 aromatic heterocycles. The highest BCUT2D eigenvalue weighted by Gasteiger charge is 2.06. The van der Waals surface area contributed by atoms with Crippen LogP contribution in [0.25, 0.3) is 0 Å². The largest absolute Gasteiger partial charge is 0.475 e. The van der Waals surface area contributed by atoms with E-state index in [1.165, 1.54) is 0 Å². The molecule has 0 aliphatic heterocycles. The Bertz CT molecular complexity index is 891. The van der Waals surface area contributed by atoms with Gasteiger partial charge in [-0.15, -0.1) is 12.6 Å². The van der Waals surface area contributed by atoms with Crippen LogP contribution in [0, 0.1) is 0 Å². The number of aromatic nitrogens is 3. The van der Waals surface area contributed by atoms with Crippen molar-refractivity contribution in [2.45, 2.75) is 4.90 Å². The van der Waals surface area contributed by atoms with Gasteiger partial charge in [0.05, 0.1) is 23.4 Å². The van der Waals surface area contributed by atoms with Crippen LogP contribution in [0.3, 0.4) is 0 Å². The van der Waals surface area contributed by atoms with E-state index in [9.17, 15) is 0 Å². The molecule has 0 saturated carbocycles. The number of anilines is 5. The molecule has 2 heterocycles. The molecule has 0 radical (unpaired) electrons. The standard InChI is InChI=1S/C18H20N6O2S/c1-25-7-8-26-16-6-5-14(10-20-16)23-18-21-11-15(27)17(24-18)22-13-4-2-3-12(19)9-13/h2-6,9-11,27H,7-8,19H2,1H3,(H2,21,22,23,24). The van der Waals surface area contributed by atoms with Crippen LogP contribution in [0.4, 0.5) is 28.8 Å². The van der Waals surface area contributed by atoms with Gasteiger partial charge >= 0.3 is 0 Å². The van der Waals surface area contributed by atoms with E-state index in [-0.39, 0.29) is 0 Å². The molecule has 27 heavy (non-hydrogen) atoms. The van der Waals surface area contributed by atoms with Gasteiger partial charge in [0.1, 0.15) is 12.4 Å². The molecule has 0 spiro atoms. The van der Waals surface area contributed by atoms with Crippen LogP contribution >= 0.6 is 12.6 Å². The molecule has 4 N–H and O–H groups in total. The molecule has 0 amide bonds. The number of ether oxygens (including phenoxy) is 2. The first-order chi connectivity index (χ1) is 13.1. The zero-order valence-electron chi connectivity index (χ0n) is 14.7. The van der Waals surface area contributed by atoms with Gasteiger partial charge in [-0.3, -0.25) is 0 Å². The molecular formula is C18H20N6O2S. The van der Waals surface area contributed by atoms with E-state index in [0.717, 1.165) is 11.4 Å².